The highest BCUT2D eigenvalue weighted by molar-refractivity contribution is 6.38. The molecule has 21 heteroatoms. The van der Waals surface area contributed by atoms with E-state index < -0.39 is 94.2 Å². The molecule has 0 spiro atoms. The van der Waals surface area contributed by atoms with Gasteiger partial charge in [-0.1, -0.05) is 141 Å². The van der Waals surface area contributed by atoms with Gasteiger partial charge in [0.1, 0.15) is 36.6 Å². The predicted octanol–water partition coefficient (Wildman–Crippen LogP) is 8.85. The number of hydrogen-bond acceptors (Lipinski definition) is 15. The SMILES string of the molecule is CCC(C)(C)C(=O)C(=O)N1CCCC[C@H]1C(=O)O[C@H](CCc1ccc(OC)c(OC)c1)c1cccc(OCCNC(=O)NC(C(=O)N[C@@H](Cc2ccccc2)[C@@H](O)CN(Cc2ccc(-c3ccccn3)cc2)NC(=O)[C@@H](NC(=O)OC)C(C)(C)C)C(C)(C)C)c1. The van der Waals surface area contributed by atoms with Crippen molar-refractivity contribution in [1.29, 1.82) is 0 Å². The van der Waals surface area contributed by atoms with Gasteiger partial charge in [-0.2, -0.15) is 0 Å². The minimum atomic E-state index is -1.32. The molecule has 2 heterocycles. The van der Waals surface area contributed by atoms with E-state index in [0.29, 0.717) is 61.3 Å². The first-order valence-corrected chi connectivity index (χ1v) is 30.7. The summed E-state index contributed by atoms with van der Waals surface area (Å²) < 4.78 is 28.3. The van der Waals surface area contributed by atoms with Gasteiger partial charge in [-0.05, 0) is 114 Å². The molecule has 0 saturated carbocycles. The van der Waals surface area contributed by atoms with Gasteiger partial charge in [0.2, 0.25) is 11.7 Å². The number of hydrazine groups is 1. The number of hydrogen-bond donors (Lipinski definition) is 6. The third-order valence-electron chi connectivity index (χ3n) is 16.1. The lowest BCUT2D eigenvalue weighted by Crippen LogP contribution is -2.61. The molecule has 6 atom stereocenters. The van der Waals surface area contributed by atoms with Gasteiger partial charge in [0.15, 0.2) is 11.5 Å². The predicted molar refractivity (Wildman–Crippen MR) is 342 cm³/mol. The van der Waals surface area contributed by atoms with Crippen LogP contribution in [0.25, 0.3) is 11.3 Å². The Bertz CT molecular complexity index is 3190. The number of benzene rings is 4. The molecular formula is C69H92N8O13. The van der Waals surface area contributed by atoms with Gasteiger partial charge in [-0.25, -0.2) is 19.4 Å². The van der Waals surface area contributed by atoms with Crippen molar-refractivity contribution in [2.24, 2.45) is 16.2 Å². The van der Waals surface area contributed by atoms with Gasteiger partial charge in [-0.15, -0.1) is 0 Å². The van der Waals surface area contributed by atoms with E-state index in [1.165, 1.54) is 12.0 Å². The third-order valence-corrected chi connectivity index (χ3v) is 16.1. The fraction of sp³-hybridized carbons (Fsp3) is 0.478. The smallest absolute Gasteiger partial charge is 0.407 e. The molecule has 1 aromatic heterocycles. The molecule has 1 aliphatic heterocycles. The summed E-state index contributed by atoms with van der Waals surface area (Å²) in [5, 5.41) is 25.2. The summed E-state index contributed by atoms with van der Waals surface area (Å²) >= 11 is 0. The summed E-state index contributed by atoms with van der Waals surface area (Å²) in [5.41, 5.74) is 5.17. The third kappa shape index (κ3) is 20.5. The topological polar surface area (TPSA) is 265 Å². The minimum absolute atomic E-state index is 0.00262. The number of aliphatic hydroxyl groups excluding tert-OH is 1. The molecule has 6 rings (SSSR count). The number of piperidine rings is 1. The molecular weight excluding hydrogens is 1150 g/mol. The Morgan fingerprint density at radius 3 is 2.04 bits per heavy atom. The maximum Gasteiger partial charge on any atom is 0.407 e. The van der Waals surface area contributed by atoms with Gasteiger partial charge in [0.25, 0.3) is 11.8 Å². The molecule has 1 fully saturated rings. The van der Waals surface area contributed by atoms with Gasteiger partial charge in [-0.3, -0.25) is 29.6 Å². The maximum absolute atomic E-state index is 14.6. The molecule has 5 aromatic rings. The zero-order chi connectivity index (χ0) is 65.8. The number of esters is 1. The second kappa shape index (κ2) is 32.8. The summed E-state index contributed by atoms with van der Waals surface area (Å²) in [5.74, 6) is -1.46. The fourth-order valence-electron chi connectivity index (χ4n) is 10.4. The van der Waals surface area contributed by atoms with E-state index in [1.54, 1.807) is 105 Å². The first kappa shape index (κ1) is 70.5. The Morgan fingerprint density at radius 1 is 0.722 bits per heavy atom. The number of pyridine rings is 1. The molecule has 21 nitrogen and oxygen atoms in total. The highest BCUT2D eigenvalue weighted by Gasteiger charge is 2.42. The second-order valence-electron chi connectivity index (χ2n) is 25.4. The van der Waals surface area contributed by atoms with E-state index in [-0.39, 0.29) is 39.2 Å². The van der Waals surface area contributed by atoms with Crippen LogP contribution in [0.5, 0.6) is 17.2 Å². The number of alkyl carbamates (subject to hydrolysis) is 1. The quantitative estimate of drug-likeness (QED) is 0.0113. The van der Waals surface area contributed by atoms with E-state index in [4.69, 9.17) is 23.7 Å². The largest absolute Gasteiger partial charge is 0.493 e. The number of carbonyl (C=O) groups excluding carboxylic acids is 7. The highest BCUT2D eigenvalue weighted by atomic mass is 16.5. The standard InChI is InChI=1S/C69H92N8O13/c1-13-69(8,9)60(79)63(82)77-38-20-18-27-53(77)64(83)90-55(34-30-46-31-35-56(86-10)57(41-46)87-11)49-24-21-25-50(42-49)89-39-37-71-65(84)73-58(67(2,3)4)61(80)72-52(40-45-22-15-14-16-23-45)54(78)44-76(75-62(81)59(68(5,6)7)74-66(85)88-12)43-47-28-32-48(33-29-47)51-26-17-19-36-70-51/h14-17,19,21-26,28-29,31-33,35-36,41-42,52-55,58-59,78H,13,18,20,27,30,34,37-40,43-44H2,1-12H3,(H,72,80)(H,74,85)(H,75,81)(H2,71,73,84)/t52-,53-,54-,55+,58?,59+/m0/s1. The minimum Gasteiger partial charge on any atom is -0.493 e. The first-order valence-electron chi connectivity index (χ1n) is 30.7. The van der Waals surface area contributed by atoms with Crippen molar-refractivity contribution in [3.63, 3.8) is 0 Å². The summed E-state index contributed by atoms with van der Waals surface area (Å²) in [6, 6.07) is 30.4. The number of likely N-dealkylation sites (tertiary alicyclic amines) is 1. The first-order chi connectivity index (χ1) is 42.7. The molecule has 4 aromatic carbocycles. The second-order valence-corrected chi connectivity index (χ2v) is 25.4. The van der Waals surface area contributed by atoms with Crippen LogP contribution in [-0.4, -0.2) is 139 Å². The van der Waals surface area contributed by atoms with Crippen molar-refractivity contribution in [1.82, 2.24) is 41.6 Å². The summed E-state index contributed by atoms with van der Waals surface area (Å²) in [7, 11) is 4.32. The van der Waals surface area contributed by atoms with Crippen LogP contribution in [0, 0.1) is 16.2 Å². The van der Waals surface area contributed by atoms with Crippen LogP contribution in [-0.2, 0) is 52.8 Å². The van der Waals surface area contributed by atoms with E-state index in [1.807, 2.05) is 97.9 Å². The van der Waals surface area contributed by atoms with Gasteiger partial charge in [0, 0.05) is 36.8 Å². The number of nitrogens with zero attached hydrogens (tertiary/aromatic N) is 3. The van der Waals surface area contributed by atoms with E-state index in [0.717, 1.165) is 27.9 Å². The molecule has 6 N–H and O–H groups in total. The number of rotatable bonds is 29. The number of Topliss-reactive ketones (excluding diaryl/α,β-unsaturated/α-hetero) is 1. The highest BCUT2D eigenvalue weighted by Crippen LogP contribution is 2.33. The van der Waals surface area contributed by atoms with Gasteiger partial charge in [0.05, 0.1) is 45.7 Å². The molecule has 1 aliphatic rings. The Hall–Kier alpha value is -8.56. The number of aliphatic hydroxyl groups is 1. The zero-order valence-corrected chi connectivity index (χ0v) is 54.2. The number of ketones is 1. The number of aromatic nitrogens is 1. The van der Waals surface area contributed by atoms with E-state index in [9.17, 15) is 38.7 Å². The fourth-order valence-corrected chi connectivity index (χ4v) is 10.4. The van der Waals surface area contributed by atoms with Gasteiger partial charge >= 0.3 is 18.1 Å². The number of amides is 6. The molecule has 1 unspecified atom stereocenters. The lowest BCUT2D eigenvalue weighted by atomic mass is 9.84. The number of nitrogens with one attached hydrogen (secondary N) is 5. The normalized spacial score (nSPS) is 15.2. The summed E-state index contributed by atoms with van der Waals surface area (Å²) in [6.45, 7) is 16.3. The van der Waals surface area contributed by atoms with Crippen LogP contribution < -0.4 is 40.9 Å². The van der Waals surface area contributed by atoms with Crippen molar-refractivity contribution in [2.45, 2.75) is 150 Å². The summed E-state index contributed by atoms with van der Waals surface area (Å²) in [4.78, 5) is 102. The Balaban J connectivity index is 1.15. The number of aryl methyl sites for hydroxylation is 1. The van der Waals surface area contributed by atoms with Crippen molar-refractivity contribution < 1.29 is 62.4 Å². The molecule has 0 aliphatic carbocycles. The Labute approximate surface area is 529 Å². The van der Waals surface area contributed by atoms with Crippen LogP contribution in [0.1, 0.15) is 123 Å². The molecule has 0 bridgehead atoms. The number of methoxy groups -OCH3 is 3. The molecule has 0 radical (unpaired) electrons. The Morgan fingerprint density at radius 2 is 1.40 bits per heavy atom. The summed E-state index contributed by atoms with van der Waals surface area (Å²) in [6.07, 6.45) is 1.89. The maximum atomic E-state index is 14.6. The van der Waals surface area contributed by atoms with Crippen LogP contribution in [0.3, 0.4) is 0 Å². The monoisotopic (exact) mass is 1240 g/mol. The van der Waals surface area contributed by atoms with Crippen molar-refractivity contribution >= 4 is 41.6 Å². The number of urea groups is 1. The zero-order valence-electron chi connectivity index (χ0n) is 54.2. The van der Waals surface area contributed by atoms with Gasteiger partial charge < -0.3 is 55.0 Å². The molecule has 486 valence electrons. The number of carbonyl (C=O) groups is 7. The Kier molecular flexibility index (Phi) is 25.7. The van der Waals surface area contributed by atoms with Crippen LogP contribution in [0.15, 0.2) is 121 Å². The van der Waals surface area contributed by atoms with E-state index >= 15 is 0 Å². The van der Waals surface area contributed by atoms with Crippen LogP contribution in [0.2, 0.25) is 0 Å². The van der Waals surface area contributed by atoms with Crippen LogP contribution >= 0.6 is 0 Å². The number of ether oxygens (including phenoxy) is 5. The van der Waals surface area contributed by atoms with Crippen molar-refractivity contribution in [3.8, 4) is 28.5 Å². The lowest BCUT2D eigenvalue weighted by molar-refractivity contribution is -0.164. The molecule has 1 saturated heterocycles. The molecule has 6 amide bonds. The van der Waals surface area contributed by atoms with Crippen LogP contribution in [0.4, 0.5) is 9.59 Å². The molecule has 90 heavy (non-hydrogen) atoms. The lowest BCUT2D eigenvalue weighted by Gasteiger charge is -2.36. The van der Waals surface area contributed by atoms with Crippen molar-refractivity contribution in [3.05, 3.63) is 144 Å². The average Bonchev–Trinajstić information content (AvgIpc) is 3.68. The van der Waals surface area contributed by atoms with E-state index in [2.05, 4.69) is 31.7 Å². The average molecular weight is 1240 g/mol. The van der Waals surface area contributed by atoms with Crippen molar-refractivity contribution in [2.75, 3.05) is 47.6 Å².